The highest BCUT2D eigenvalue weighted by molar-refractivity contribution is 6.07. The van der Waals surface area contributed by atoms with Crippen molar-refractivity contribution in [1.29, 1.82) is 0 Å². The Hall–Kier alpha value is -7.10. The van der Waals surface area contributed by atoms with Crippen LogP contribution in [0.5, 0.6) is 11.5 Å². The Labute approximate surface area is 347 Å². The van der Waals surface area contributed by atoms with Crippen LogP contribution in [0.3, 0.4) is 0 Å². The molecule has 0 bridgehead atoms. The Bertz CT molecular complexity index is 2440. The van der Waals surface area contributed by atoms with Crippen molar-refractivity contribution < 1.29 is 70.7 Å². The van der Waals surface area contributed by atoms with Gasteiger partial charge >= 0.3 is 36.5 Å². The molecule has 326 valence electrons. The van der Waals surface area contributed by atoms with Gasteiger partial charge in [0.05, 0.1) is 17.7 Å². The van der Waals surface area contributed by atoms with E-state index in [1.807, 2.05) is 0 Å². The van der Waals surface area contributed by atoms with Crippen molar-refractivity contribution in [2.45, 2.75) is 69.1 Å². The van der Waals surface area contributed by atoms with Gasteiger partial charge in [-0.15, -0.1) is 8.78 Å². The first-order valence-corrected chi connectivity index (χ1v) is 18.7. The van der Waals surface area contributed by atoms with E-state index in [-0.39, 0.29) is 40.8 Å². The Balaban J connectivity index is 0.988. The average molecular weight is 870 g/mol. The van der Waals surface area contributed by atoms with Gasteiger partial charge in [-0.2, -0.15) is 13.2 Å². The lowest BCUT2D eigenvalue weighted by atomic mass is 9.74. The minimum absolute atomic E-state index is 0.0692. The first-order chi connectivity index (χ1) is 29.1. The van der Waals surface area contributed by atoms with Gasteiger partial charge in [-0.05, 0) is 79.3 Å². The van der Waals surface area contributed by atoms with Gasteiger partial charge in [0.25, 0.3) is 0 Å². The summed E-state index contributed by atoms with van der Waals surface area (Å²) >= 11 is 0. The molecular weight excluding hydrogens is 833 g/mol. The zero-order valence-corrected chi connectivity index (χ0v) is 32.3. The van der Waals surface area contributed by atoms with Gasteiger partial charge in [0.2, 0.25) is 5.91 Å². The van der Waals surface area contributed by atoms with E-state index in [9.17, 15) is 61.2 Å². The van der Waals surface area contributed by atoms with Crippen LogP contribution in [0.4, 0.5) is 37.4 Å². The molecule has 2 aromatic carbocycles. The second-order valence-electron chi connectivity index (χ2n) is 15.1. The van der Waals surface area contributed by atoms with Gasteiger partial charge in [0.15, 0.2) is 23.6 Å². The number of β-lactam (4-membered cyclic amide) rings is 1. The first-order valence-electron chi connectivity index (χ1n) is 18.7. The van der Waals surface area contributed by atoms with E-state index < -0.39 is 89.7 Å². The first kappa shape index (κ1) is 43.0. The van der Waals surface area contributed by atoms with Crippen molar-refractivity contribution in [3.05, 3.63) is 101 Å². The maximum atomic E-state index is 14.3. The van der Waals surface area contributed by atoms with Crippen LogP contribution in [0.25, 0.3) is 11.3 Å². The highest BCUT2D eigenvalue weighted by Crippen LogP contribution is 2.45. The highest BCUT2D eigenvalue weighted by Gasteiger charge is 2.62. The normalized spacial score (nSPS) is 23.4. The zero-order chi connectivity index (χ0) is 45.1. The molecule has 2 saturated heterocycles. The van der Waals surface area contributed by atoms with Crippen LogP contribution in [0.1, 0.15) is 48.2 Å². The molecular formula is C40H36F5N7O10. The summed E-state index contributed by atoms with van der Waals surface area (Å²) in [7, 11) is 0. The van der Waals surface area contributed by atoms with E-state index in [0.29, 0.717) is 22.3 Å². The summed E-state index contributed by atoms with van der Waals surface area (Å²) in [5.41, 5.74) is 5.05. The van der Waals surface area contributed by atoms with Gasteiger partial charge in [-0.3, -0.25) is 14.7 Å². The van der Waals surface area contributed by atoms with Crippen LogP contribution >= 0.6 is 0 Å². The number of nitrogens with one attached hydrogen (secondary N) is 2. The number of benzene rings is 2. The minimum Gasteiger partial charge on any atom is -0.480 e. The van der Waals surface area contributed by atoms with Crippen molar-refractivity contribution in [1.82, 2.24) is 30.4 Å². The maximum absolute atomic E-state index is 14.3. The van der Waals surface area contributed by atoms with E-state index in [1.54, 1.807) is 11.4 Å². The van der Waals surface area contributed by atoms with Gasteiger partial charge in [-0.1, -0.05) is 36.4 Å². The predicted octanol–water partition coefficient (Wildman–Crippen LogP) is 4.62. The molecule has 0 radical (unpaired) electrons. The number of hydrogen-bond acceptors (Lipinski definition) is 11. The number of aromatic nitrogens is 2. The SMILES string of the molecule is CC(NC(=O)N1C(C(=O)O)C(Cc2ccc(-c3ccc(C(NC(=O)N4C(=O)C(Cc5ccnc(N)c5)C4C(=O)O)C(F)(F)F)cc3)nc2)C1(C)O)c1ccc2c(c1)OC(F)(F)O2. The number of carbonyl (C=O) groups excluding carboxylic acids is 3. The fourth-order valence-electron chi connectivity index (χ4n) is 7.84. The third kappa shape index (κ3) is 8.19. The summed E-state index contributed by atoms with van der Waals surface area (Å²) in [6.07, 6.45) is -6.44. The van der Waals surface area contributed by atoms with Gasteiger partial charge in [0.1, 0.15) is 17.6 Å². The summed E-state index contributed by atoms with van der Waals surface area (Å²) in [5, 5.41) is 35.5. The molecule has 5 amide bonds. The topological polar surface area (TPSA) is 247 Å². The number of pyridine rings is 2. The Morgan fingerprint density at radius 3 is 2.13 bits per heavy atom. The number of carbonyl (C=O) groups is 5. The number of carboxylic acids is 2. The minimum atomic E-state index is -5.07. The Morgan fingerprint density at radius 1 is 0.855 bits per heavy atom. The van der Waals surface area contributed by atoms with Gasteiger partial charge in [0, 0.05) is 23.9 Å². The molecule has 22 heteroatoms. The number of fused-ring (bicyclic) bond motifs is 1. The molecule has 62 heavy (non-hydrogen) atoms. The summed E-state index contributed by atoms with van der Waals surface area (Å²) in [4.78, 5) is 72.8. The molecule has 5 heterocycles. The largest absolute Gasteiger partial charge is 0.586 e. The number of urea groups is 2. The number of carboxylic acid groups (broad SMARTS) is 2. The highest BCUT2D eigenvalue weighted by atomic mass is 19.4. The molecule has 0 aliphatic carbocycles. The standard InChI is InChI=1S/C40H36F5N7O10/c1-18(23-8-10-27-28(16-23)62-40(44,45)61-27)49-37(59)52-31(35(56)57)25(38(52,2)60)14-20-3-9-26(48-17-20)21-4-6-22(7-5-21)32(39(41,42)43)50-36(58)51-30(34(54)55)24(33(51)53)13-19-11-12-47-29(46)15-19/h3-12,15-18,24-25,30-32,60H,13-14H2,1-2H3,(H2,46,47)(H,49,59)(H,50,58)(H,54,55)(H,56,57). The van der Waals surface area contributed by atoms with Crippen molar-refractivity contribution >= 4 is 35.7 Å². The van der Waals surface area contributed by atoms with Crippen LogP contribution < -0.4 is 25.8 Å². The van der Waals surface area contributed by atoms with E-state index in [2.05, 4.69) is 24.8 Å². The monoisotopic (exact) mass is 869 g/mol. The molecule has 4 aromatic rings. The van der Waals surface area contributed by atoms with Gasteiger partial charge in [-0.25, -0.2) is 29.1 Å². The number of rotatable bonds is 11. The fourth-order valence-corrected chi connectivity index (χ4v) is 7.84. The molecule has 3 aliphatic heterocycles. The lowest BCUT2D eigenvalue weighted by Gasteiger charge is -2.57. The lowest BCUT2D eigenvalue weighted by molar-refractivity contribution is -0.286. The molecule has 0 saturated carbocycles. The number of nitrogens with two attached hydrogens (primary N) is 1. The Morgan fingerprint density at radius 2 is 1.52 bits per heavy atom. The van der Waals surface area contributed by atoms with Crippen molar-refractivity contribution in [2.75, 3.05) is 5.73 Å². The number of amides is 5. The van der Waals surface area contributed by atoms with Crippen LogP contribution in [0.15, 0.2) is 79.1 Å². The van der Waals surface area contributed by atoms with Crippen LogP contribution in [-0.4, -0.2) is 95.3 Å². The number of hydrogen-bond donors (Lipinski definition) is 6. The molecule has 2 aromatic heterocycles. The van der Waals surface area contributed by atoms with Crippen LogP contribution in [-0.2, 0) is 27.2 Å². The number of nitrogen functional groups attached to an aromatic ring is 1. The second kappa shape index (κ2) is 15.7. The molecule has 7 unspecified atom stereocenters. The summed E-state index contributed by atoms with van der Waals surface area (Å²) in [6.45, 7) is 2.77. The number of aliphatic carboxylic acids is 2. The number of anilines is 1. The molecule has 17 nitrogen and oxygen atoms in total. The number of imide groups is 1. The molecule has 3 aliphatic rings. The molecule has 7 rings (SSSR count). The summed E-state index contributed by atoms with van der Waals surface area (Å²) < 4.78 is 78.8. The fraction of sp³-hybridized carbons (Fsp3) is 0.325. The number of ether oxygens (including phenoxy) is 2. The van der Waals surface area contributed by atoms with E-state index in [4.69, 9.17) is 5.73 Å². The number of halogens is 5. The number of aliphatic hydroxyl groups is 1. The maximum Gasteiger partial charge on any atom is 0.586 e. The number of alkyl halides is 5. The Kier molecular flexibility index (Phi) is 10.9. The second-order valence-corrected chi connectivity index (χ2v) is 15.1. The number of likely N-dealkylation sites (tertiary alicyclic amines) is 2. The van der Waals surface area contributed by atoms with Crippen molar-refractivity contribution in [3.8, 4) is 22.8 Å². The summed E-state index contributed by atoms with van der Waals surface area (Å²) in [5.74, 6) is -6.63. The lowest BCUT2D eigenvalue weighted by Crippen LogP contribution is -2.77. The van der Waals surface area contributed by atoms with Crippen molar-refractivity contribution in [2.24, 2.45) is 11.8 Å². The third-order valence-corrected chi connectivity index (χ3v) is 11.0. The third-order valence-electron chi connectivity index (χ3n) is 11.0. The molecule has 7 atom stereocenters. The van der Waals surface area contributed by atoms with Gasteiger partial charge < -0.3 is 41.2 Å². The smallest absolute Gasteiger partial charge is 0.480 e. The average Bonchev–Trinajstić information content (AvgIpc) is 3.51. The molecule has 0 spiro atoms. The molecule has 2 fully saturated rings. The van der Waals surface area contributed by atoms with E-state index in [1.165, 1.54) is 74.8 Å². The van der Waals surface area contributed by atoms with Crippen LogP contribution in [0.2, 0.25) is 0 Å². The van der Waals surface area contributed by atoms with E-state index in [0.717, 1.165) is 17.0 Å². The number of nitrogens with zero attached hydrogens (tertiary/aromatic N) is 4. The van der Waals surface area contributed by atoms with E-state index >= 15 is 0 Å². The predicted molar refractivity (Wildman–Crippen MR) is 202 cm³/mol. The molecule has 7 N–H and O–H groups in total. The zero-order valence-electron chi connectivity index (χ0n) is 32.3. The quantitative estimate of drug-likeness (QED) is 0.0891. The van der Waals surface area contributed by atoms with Crippen LogP contribution in [0, 0.1) is 11.8 Å². The van der Waals surface area contributed by atoms with Crippen molar-refractivity contribution in [3.63, 3.8) is 0 Å². The summed E-state index contributed by atoms with van der Waals surface area (Å²) in [6, 6.07) is 5.31.